The van der Waals surface area contributed by atoms with Crippen molar-refractivity contribution in [2.75, 3.05) is 19.6 Å². The number of carbonyl (C=O) groups is 1. The van der Waals surface area contributed by atoms with Gasteiger partial charge in [-0.3, -0.25) is 9.59 Å². The summed E-state index contributed by atoms with van der Waals surface area (Å²) in [5, 5.41) is 3.15. The van der Waals surface area contributed by atoms with Crippen molar-refractivity contribution in [2.24, 2.45) is 0 Å². The zero-order valence-corrected chi connectivity index (χ0v) is 17.8. The number of fused-ring (bicyclic) bond motifs is 2. The van der Waals surface area contributed by atoms with Crippen molar-refractivity contribution in [1.82, 2.24) is 4.90 Å². The van der Waals surface area contributed by atoms with Gasteiger partial charge in [-0.2, -0.15) is 0 Å². The summed E-state index contributed by atoms with van der Waals surface area (Å²) in [5.41, 5.74) is 2.43. The maximum Gasteiger partial charge on any atom is 0.192 e. The summed E-state index contributed by atoms with van der Waals surface area (Å²) < 4.78 is 5.47. The average molecular weight is 432 g/mol. The maximum atomic E-state index is 12.8. The Labute approximate surface area is 185 Å². The molecule has 1 saturated heterocycles. The van der Waals surface area contributed by atoms with Crippen LogP contribution < -0.4 is 5.43 Å². The normalized spacial score (nSPS) is 16.9. The molecule has 2 heterocycles. The quantitative estimate of drug-likeness (QED) is 0.302. The summed E-state index contributed by atoms with van der Waals surface area (Å²) in [7, 11) is 0. The fourth-order valence-electron chi connectivity index (χ4n) is 4.47. The summed E-state index contributed by atoms with van der Waals surface area (Å²) in [4.78, 5) is 27.2. The van der Waals surface area contributed by atoms with E-state index in [1.807, 2.05) is 48.5 Å². The van der Waals surface area contributed by atoms with E-state index < -0.39 is 0 Å². The third kappa shape index (κ3) is 4.14. The van der Waals surface area contributed by atoms with Gasteiger partial charge in [-0.05, 0) is 65.6 Å². The fourth-order valence-corrected chi connectivity index (χ4v) is 4.67. The Balaban J connectivity index is 1.27. The van der Waals surface area contributed by atoms with Crippen LogP contribution in [0.4, 0.5) is 0 Å². The first-order valence-corrected chi connectivity index (χ1v) is 10.9. The molecular weight excluding hydrogens is 410 g/mol. The molecular formula is C26H22ClNO3. The second-order valence-electron chi connectivity index (χ2n) is 8.21. The molecule has 1 aliphatic rings. The lowest BCUT2D eigenvalue weighted by molar-refractivity contribution is 0.0969. The van der Waals surface area contributed by atoms with Gasteiger partial charge >= 0.3 is 0 Å². The fraction of sp³-hybridized carbons (Fsp3) is 0.231. The Hall–Kier alpha value is -2.95. The Bertz CT molecular complexity index is 1340. The molecule has 0 amide bonds. The third-order valence-electron chi connectivity index (χ3n) is 6.19. The third-order valence-corrected chi connectivity index (χ3v) is 6.42. The van der Waals surface area contributed by atoms with E-state index in [0.29, 0.717) is 28.9 Å². The second-order valence-corrected chi connectivity index (χ2v) is 8.65. The highest BCUT2D eigenvalue weighted by atomic mass is 35.5. The van der Waals surface area contributed by atoms with Crippen LogP contribution in [0.5, 0.6) is 0 Å². The largest absolute Gasteiger partial charge is 0.464 e. The summed E-state index contributed by atoms with van der Waals surface area (Å²) in [6.45, 7) is 2.70. The van der Waals surface area contributed by atoms with E-state index in [9.17, 15) is 9.59 Å². The van der Waals surface area contributed by atoms with Crippen LogP contribution >= 0.6 is 11.6 Å². The zero-order chi connectivity index (χ0) is 21.4. The van der Waals surface area contributed by atoms with Crippen LogP contribution in [-0.2, 0) is 0 Å². The van der Waals surface area contributed by atoms with Crippen LogP contribution in [0.1, 0.15) is 34.7 Å². The average Bonchev–Trinajstić information content (AvgIpc) is 3.25. The van der Waals surface area contributed by atoms with Gasteiger partial charge in [-0.1, -0.05) is 35.9 Å². The van der Waals surface area contributed by atoms with Crippen molar-refractivity contribution in [3.05, 3.63) is 93.3 Å². The molecule has 0 N–H and O–H groups in total. The molecule has 0 aliphatic carbocycles. The lowest BCUT2D eigenvalue weighted by Gasteiger charge is -2.16. The molecule has 31 heavy (non-hydrogen) atoms. The van der Waals surface area contributed by atoms with Gasteiger partial charge < -0.3 is 9.32 Å². The smallest absolute Gasteiger partial charge is 0.192 e. The Morgan fingerprint density at radius 1 is 1.06 bits per heavy atom. The summed E-state index contributed by atoms with van der Waals surface area (Å²) >= 11 is 6.13. The van der Waals surface area contributed by atoms with Crippen molar-refractivity contribution in [2.45, 2.75) is 18.8 Å². The lowest BCUT2D eigenvalue weighted by atomic mass is 9.99. The van der Waals surface area contributed by atoms with Crippen LogP contribution in [0, 0.1) is 0 Å². The minimum Gasteiger partial charge on any atom is -0.464 e. The highest BCUT2D eigenvalue weighted by Gasteiger charge is 2.24. The van der Waals surface area contributed by atoms with Crippen LogP contribution in [-0.4, -0.2) is 30.3 Å². The summed E-state index contributed by atoms with van der Waals surface area (Å²) in [5.74, 6) is 0.597. The van der Waals surface area contributed by atoms with Crippen LogP contribution in [0.3, 0.4) is 0 Å². The molecule has 4 aromatic rings. The van der Waals surface area contributed by atoms with E-state index in [2.05, 4.69) is 11.0 Å². The van der Waals surface area contributed by atoms with Gasteiger partial charge in [0.25, 0.3) is 0 Å². The molecule has 1 aromatic heterocycles. The highest BCUT2D eigenvalue weighted by Crippen LogP contribution is 2.29. The lowest BCUT2D eigenvalue weighted by Crippen LogP contribution is -2.23. The molecule has 5 heteroatoms. The van der Waals surface area contributed by atoms with Gasteiger partial charge in [0, 0.05) is 36.2 Å². The first kappa shape index (κ1) is 20.0. The van der Waals surface area contributed by atoms with Gasteiger partial charge in [-0.15, -0.1) is 0 Å². The van der Waals surface area contributed by atoms with Gasteiger partial charge in [0.1, 0.15) is 5.58 Å². The molecule has 0 saturated carbocycles. The van der Waals surface area contributed by atoms with Gasteiger partial charge in [0.2, 0.25) is 0 Å². The molecule has 156 valence electrons. The number of rotatable bonds is 5. The number of likely N-dealkylation sites (tertiary alicyclic amines) is 1. The van der Waals surface area contributed by atoms with Crippen molar-refractivity contribution in [1.29, 1.82) is 0 Å². The molecule has 0 bridgehead atoms. The van der Waals surface area contributed by atoms with Crippen LogP contribution in [0.25, 0.3) is 21.7 Å². The van der Waals surface area contributed by atoms with Gasteiger partial charge in [0.15, 0.2) is 11.2 Å². The predicted molar refractivity (Wildman–Crippen MR) is 124 cm³/mol. The minimum atomic E-state index is -0.0648. The standard InChI is InChI=1S/C26H22ClNO3/c27-22-3-1-2-17(13-22)20-6-9-28(16-20)10-7-24(29)19-5-4-18-14-23-25(30)8-11-31-26(23)15-21(18)12-19/h1-5,8,11-15,20H,6-7,9-10,16H2. The molecule has 1 atom stereocenters. The number of ketones is 1. The monoisotopic (exact) mass is 431 g/mol. The van der Waals surface area contributed by atoms with Crippen LogP contribution in [0.2, 0.25) is 5.02 Å². The van der Waals surface area contributed by atoms with E-state index in [0.717, 1.165) is 41.9 Å². The molecule has 1 unspecified atom stereocenters. The number of benzene rings is 3. The Morgan fingerprint density at radius 2 is 1.97 bits per heavy atom. The maximum absolute atomic E-state index is 12.8. The van der Waals surface area contributed by atoms with E-state index >= 15 is 0 Å². The van der Waals surface area contributed by atoms with E-state index in [-0.39, 0.29) is 11.2 Å². The molecule has 0 spiro atoms. The number of hydrogen-bond donors (Lipinski definition) is 0. The molecule has 4 nitrogen and oxygen atoms in total. The van der Waals surface area contributed by atoms with Crippen molar-refractivity contribution >= 4 is 39.1 Å². The molecule has 0 radical (unpaired) electrons. The van der Waals surface area contributed by atoms with Crippen molar-refractivity contribution < 1.29 is 9.21 Å². The number of hydrogen-bond acceptors (Lipinski definition) is 4. The van der Waals surface area contributed by atoms with E-state index in [4.69, 9.17) is 16.0 Å². The predicted octanol–water partition coefficient (Wildman–Crippen LogP) is 5.66. The van der Waals surface area contributed by atoms with Gasteiger partial charge in [-0.25, -0.2) is 0 Å². The SMILES string of the molecule is O=C(CCN1CCC(c2cccc(Cl)c2)C1)c1ccc2cc3c(=O)ccoc3cc2c1. The topological polar surface area (TPSA) is 50.5 Å². The number of nitrogens with zero attached hydrogens (tertiary/aromatic N) is 1. The van der Waals surface area contributed by atoms with Gasteiger partial charge in [0.05, 0.1) is 11.6 Å². The van der Waals surface area contributed by atoms with Crippen LogP contribution in [0.15, 0.2) is 76.1 Å². The molecule has 3 aromatic carbocycles. The summed E-state index contributed by atoms with van der Waals surface area (Å²) in [6, 6.07) is 18.8. The molecule has 1 aliphatic heterocycles. The minimum absolute atomic E-state index is 0.0648. The van der Waals surface area contributed by atoms with E-state index in [1.54, 1.807) is 0 Å². The van der Waals surface area contributed by atoms with E-state index in [1.165, 1.54) is 17.9 Å². The summed E-state index contributed by atoms with van der Waals surface area (Å²) in [6.07, 6.45) is 2.97. The number of Topliss-reactive ketones (excluding diaryl/α,β-unsaturated/α-hetero) is 1. The molecule has 1 fully saturated rings. The number of halogens is 1. The Kier molecular flexibility index (Phi) is 5.34. The molecule has 5 rings (SSSR count). The highest BCUT2D eigenvalue weighted by molar-refractivity contribution is 6.30. The first-order chi connectivity index (χ1) is 15.1. The second kappa shape index (κ2) is 8.29. The first-order valence-electron chi connectivity index (χ1n) is 10.5. The van der Waals surface area contributed by atoms with Crippen molar-refractivity contribution in [3.8, 4) is 0 Å². The zero-order valence-electron chi connectivity index (χ0n) is 17.0. The Morgan fingerprint density at radius 3 is 2.84 bits per heavy atom. The van der Waals surface area contributed by atoms with Crippen molar-refractivity contribution in [3.63, 3.8) is 0 Å². The number of carbonyl (C=O) groups excluding carboxylic acids is 1.